The number of nitrogens with zero attached hydrogens (tertiary/aromatic N) is 3. The average molecular weight is 361 g/mol. The minimum absolute atomic E-state index is 0.113. The molecule has 1 aliphatic rings. The highest BCUT2D eigenvalue weighted by molar-refractivity contribution is 5.42. The Kier molecular flexibility index (Phi) is 5.13. The molecule has 8 heteroatoms. The van der Waals surface area contributed by atoms with Crippen LogP contribution in [0.3, 0.4) is 0 Å². The first-order valence-electron chi connectivity index (χ1n) is 8.71. The summed E-state index contributed by atoms with van der Waals surface area (Å²) in [5, 5.41) is 15.6. The molecule has 140 valence electrons. The largest absolute Gasteiger partial charge is 0.497 e. The third-order valence-corrected chi connectivity index (χ3v) is 5.18. The van der Waals surface area contributed by atoms with E-state index in [9.17, 15) is 10.1 Å². The zero-order valence-corrected chi connectivity index (χ0v) is 15.6. The van der Waals surface area contributed by atoms with Crippen LogP contribution in [-0.4, -0.2) is 35.5 Å². The van der Waals surface area contributed by atoms with E-state index in [-0.39, 0.29) is 16.7 Å². The lowest BCUT2D eigenvalue weighted by Gasteiger charge is -2.23. The number of aromatic nitrogens is 2. The molecular formula is C18H25N4O4+. The van der Waals surface area contributed by atoms with Gasteiger partial charge in [-0.05, 0) is 26.0 Å². The van der Waals surface area contributed by atoms with Gasteiger partial charge in [0.1, 0.15) is 28.9 Å². The number of methoxy groups -OCH3 is 2. The van der Waals surface area contributed by atoms with Crippen molar-refractivity contribution in [3.63, 3.8) is 0 Å². The summed E-state index contributed by atoms with van der Waals surface area (Å²) >= 11 is 0. The van der Waals surface area contributed by atoms with Crippen LogP contribution in [0.15, 0.2) is 18.2 Å². The smallest absolute Gasteiger partial charge is 0.312 e. The fraction of sp³-hybridized carbons (Fsp3) is 0.500. The van der Waals surface area contributed by atoms with Crippen LogP contribution in [0.2, 0.25) is 0 Å². The molecule has 2 heterocycles. The first kappa shape index (κ1) is 18.2. The molecule has 2 aromatic rings. The summed E-state index contributed by atoms with van der Waals surface area (Å²) in [6.45, 7) is 5.04. The Hall–Kier alpha value is -2.61. The lowest BCUT2D eigenvalue weighted by molar-refractivity contribution is -0.941. The van der Waals surface area contributed by atoms with Gasteiger partial charge in [-0.25, -0.2) is 4.68 Å². The van der Waals surface area contributed by atoms with E-state index in [0.29, 0.717) is 18.1 Å². The summed E-state index contributed by atoms with van der Waals surface area (Å²) in [5.74, 6) is 1.58. The fourth-order valence-corrected chi connectivity index (χ4v) is 3.88. The molecular weight excluding hydrogens is 336 g/mol. The number of nitro groups is 1. The number of likely N-dealkylation sites (tertiary alicyclic amines) is 1. The van der Waals surface area contributed by atoms with Crippen LogP contribution in [0, 0.1) is 24.0 Å². The number of rotatable bonds is 6. The summed E-state index contributed by atoms with van der Waals surface area (Å²) in [5.41, 5.74) is 2.32. The van der Waals surface area contributed by atoms with Crippen molar-refractivity contribution >= 4 is 5.69 Å². The Labute approximate surface area is 152 Å². The maximum atomic E-state index is 11.2. The monoisotopic (exact) mass is 361 g/mol. The molecule has 0 radical (unpaired) electrons. The molecule has 0 bridgehead atoms. The standard InChI is InChI=1S/C18H24N4O4/c1-12-18(22(23)24)13(2)21(19-12)11-20-9-5-6-16(20)15-8-7-14(25-3)10-17(15)26-4/h7-8,10,16H,5-6,9,11H2,1-4H3/p+1/t16-/m1/s1. The Morgan fingerprint density at radius 3 is 2.73 bits per heavy atom. The minimum Gasteiger partial charge on any atom is -0.497 e. The second-order valence-corrected chi connectivity index (χ2v) is 6.65. The zero-order chi connectivity index (χ0) is 18.8. The Bertz CT molecular complexity index is 818. The van der Waals surface area contributed by atoms with Crippen molar-refractivity contribution in [2.24, 2.45) is 0 Å². The highest BCUT2D eigenvalue weighted by atomic mass is 16.6. The van der Waals surface area contributed by atoms with E-state index in [4.69, 9.17) is 9.47 Å². The van der Waals surface area contributed by atoms with Crippen molar-refractivity contribution < 1.29 is 19.3 Å². The van der Waals surface area contributed by atoms with Crippen molar-refractivity contribution in [1.82, 2.24) is 9.78 Å². The number of quaternary nitrogens is 1. The third kappa shape index (κ3) is 3.24. The maximum Gasteiger partial charge on any atom is 0.312 e. The second kappa shape index (κ2) is 7.33. The van der Waals surface area contributed by atoms with E-state index < -0.39 is 0 Å². The van der Waals surface area contributed by atoms with Crippen LogP contribution in [0.1, 0.15) is 35.8 Å². The van der Waals surface area contributed by atoms with Crippen LogP contribution >= 0.6 is 0 Å². The molecule has 1 unspecified atom stereocenters. The summed E-state index contributed by atoms with van der Waals surface area (Å²) < 4.78 is 12.6. The second-order valence-electron chi connectivity index (χ2n) is 6.65. The fourth-order valence-electron chi connectivity index (χ4n) is 3.88. The van der Waals surface area contributed by atoms with Gasteiger partial charge in [0.2, 0.25) is 0 Å². The van der Waals surface area contributed by atoms with Crippen LogP contribution in [0.5, 0.6) is 11.5 Å². The highest BCUT2D eigenvalue weighted by Crippen LogP contribution is 2.32. The van der Waals surface area contributed by atoms with Crippen molar-refractivity contribution in [1.29, 1.82) is 0 Å². The molecule has 1 aliphatic heterocycles. The predicted molar refractivity (Wildman–Crippen MR) is 95.7 cm³/mol. The van der Waals surface area contributed by atoms with Gasteiger partial charge in [-0.15, -0.1) is 0 Å². The topological polar surface area (TPSA) is 83.9 Å². The van der Waals surface area contributed by atoms with Gasteiger partial charge in [-0.1, -0.05) is 0 Å². The molecule has 1 fully saturated rings. The molecule has 3 rings (SSSR count). The number of nitrogens with one attached hydrogen (secondary N) is 1. The predicted octanol–water partition coefficient (Wildman–Crippen LogP) is 1.80. The Morgan fingerprint density at radius 2 is 2.12 bits per heavy atom. The van der Waals surface area contributed by atoms with Crippen molar-refractivity contribution in [2.75, 3.05) is 20.8 Å². The van der Waals surface area contributed by atoms with E-state index in [1.807, 2.05) is 12.1 Å². The van der Waals surface area contributed by atoms with E-state index in [1.54, 1.807) is 32.7 Å². The van der Waals surface area contributed by atoms with Crippen molar-refractivity contribution in [3.05, 3.63) is 45.3 Å². The van der Waals surface area contributed by atoms with Gasteiger partial charge >= 0.3 is 5.69 Å². The van der Waals surface area contributed by atoms with Gasteiger partial charge < -0.3 is 14.4 Å². The van der Waals surface area contributed by atoms with E-state index >= 15 is 0 Å². The van der Waals surface area contributed by atoms with Crippen LogP contribution in [-0.2, 0) is 6.67 Å². The molecule has 8 nitrogen and oxygen atoms in total. The molecule has 0 saturated carbocycles. The Morgan fingerprint density at radius 1 is 1.35 bits per heavy atom. The van der Waals surface area contributed by atoms with E-state index in [1.165, 1.54) is 4.90 Å². The molecule has 26 heavy (non-hydrogen) atoms. The van der Waals surface area contributed by atoms with Gasteiger partial charge in [-0.3, -0.25) is 10.1 Å². The van der Waals surface area contributed by atoms with Gasteiger partial charge in [0.05, 0.1) is 31.3 Å². The van der Waals surface area contributed by atoms with Gasteiger partial charge in [0.15, 0.2) is 6.67 Å². The lowest BCUT2D eigenvalue weighted by Crippen LogP contribution is -3.09. The lowest BCUT2D eigenvalue weighted by atomic mass is 10.0. The first-order valence-corrected chi connectivity index (χ1v) is 8.71. The average Bonchev–Trinajstić information content (AvgIpc) is 3.18. The molecule has 2 atom stereocenters. The number of ether oxygens (including phenoxy) is 2. The number of aryl methyl sites for hydroxylation is 1. The minimum atomic E-state index is -0.350. The quantitative estimate of drug-likeness (QED) is 0.627. The maximum absolute atomic E-state index is 11.2. The first-order chi connectivity index (χ1) is 12.5. The van der Waals surface area contributed by atoms with Gasteiger partial charge in [-0.2, -0.15) is 5.10 Å². The number of hydrogen-bond acceptors (Lipinski definition) is 5. The SMILES string of the molecule is COc1ccc([C@H]2CCC[NH+]2Cn2nc(C)c([N+](=O)[O-])c2C)c(OC)c1. The summed E-state index contributed by atoms with van der Waals surface area (Å²) in [6, 6.07) is 6.16. The molecule has 1 aromatic heterocycles. The van der Waals surface area contributed by atoms with Crippen molar-refractivity contribution in [3.8, 4) is 11.5 Å². The highest BCUT2D eigenvalue weighted by Gasteiger charge is 2.34. The number of hydrogen-bond donors (Lipinski definition) is 1. The van der Waals surface area contributed by atoms with Crippen LogP contribution in [0.4, 0.5) is 5.69 Å². The summed E-state index contributed by atoms with van der Waals surface area (Å²) in [6.07, 6.45) is 2.13. The molecule has 0 aliphatic carbocycles. The third-order valence-electron chi connectivity index (χ3n) is 5.18. The van der Waals surface area contributed by atoms with Gasteiger partial charge in [0, 0.05) is 18.9 Å². The van der Waals surface area contributed by atoms with E-state index in [0.717, 1.165) is 36.4 Å². The normalized spacial score (nSPS) is 19.5. The zero-order valence-electron chi connectivity index (χ0n) is 15.6. The Balaban J connectivity index is 1.88. The van der Waals surface area contributed by atoms with Gasteiger partial charge in [0.25, 0.3) is 0 Å². The van der Waals surface area contributed by atoms with Crippen molar-refractivity contribution in [2.45, 2.75) is 39.4 Å². The molecule has 1 aromatic carbocycles. The molecule has 1 saturated heterocycles. The summed E-state index contributed by atoms with van der Waals surface area (Å²) in [4.78, 5) is 12.2. The van der Waals surface area contributed by atoms with Crippen LogP contribution in [0.25, 0.3) is 0 Å². The van der Waals surface area contributed by atoms with Crippen LogP contribution < -0.4 is 14.4 Å². The summed E-state index contributed by atoms with van der Waals surface area (Å²) in [7, 11) is 3.30. The molecule has 0 amide bonds. The molecule has 0 spiro atoms. The molecule has 1 N–H and O–H groups in total. The van der Waals surface area contributed by atoms with E-state index in [2.05, 4.69) is 11.2 Å². The number of benzene rings is 1.